The normalized spacial score (nSPS) is 19.0. The number of aromatic nitrogens is 1. The van der Waals surface area contributed by atoms with Crippen molar-refractivity contribution in [3.63, 3.8) is 0 Å². The molecule has 0 bridgehead atoms. The Morgan fingerprint density at radius 2 is 2.20 bits per heavy atom. The number of para-hydroxylation sites is 1. The highest BCUT2D eigenvalue weighted by Crippen LogP contribution is 2.39. The zero-order valence-electron chi connectivity index (χ0n) is 11.6. The van der Waals surface area contributed by atoms with Gasteiger partial charge in [0.25, 0.3) is 0 Å². The van der Waals surface area contributed by atoms with Crippen molar-refractivity contribution in [1.29, 1.82) is 0 Å². The molecule has 2 heterocycles. The zero-order valence-corrected chi connectivity index (χ0v) is 11.6. The van der Waals surface area contributed by atoms with E-state index in [1.165, 1.54) is 5.56 Å². The fraction of sp³-hybridized carbons (Fsp3) is 0.353. The molecular weight excluding hydrogens is 250 g/mol. The molecular formula is C17H19NO2. The van der Waals surface area contributed by atoms with Gasteiger partial charge in [-0.25, -0.2) is 0 Å². The third kappa shape index (κ3) is 2.54. The molecule has 3 heteroatoms. The standard InChI is InChI=1S/C17H19NO2/c1-12-11-18-8-6-14(12)16(19)10-13-7-9-20-17-5-3-2-4-15(13)17/h2-6,8,11,13,16,19H,7,9-10H2,1H3. The second-order valence-electron chi connectivity index (χ2n) is 5.36. The van der Waals surface area contributed by atoms with E-state index < -0.39 is 6.10 Å². The fourth-order valence-electron chi connectivity index (χ4n) is 2.92. The van der Waals surface area contributed by atoms with Gasteiger partial charge in [-0.15, -0.1) is 0 Å². The number of aliphatic hydroxyl groups excluding tert-OH is 1. The number of aliphatic hydroxyl groups is 1. The van der Waals surface area contributed by atoms with E-state index in [1.54, 1.807) is 12.4 Å². The largest absolute Gasteiger partial charge is 0.493 e. The van der Waals surface area contributed by atoms with Crippen molar-refractivity contribution >= 4 is 0 Å². The van der Waals surface area contributed by atoms with Gasteiger partial charge in [-0.05, 0) is 54.5 Å². The molecule has 2 unspecified atom stereocenters. The van der Waals surface area contributed by atoms with Crippen LogP contribution in [-0.4, -0.2) is 16.7 Å². The maximum absolute atomic E-state index is 10.5. The molecule has 0 spiro atoms. The number of benzene rings is 1. The third-order valence-electron chi connectivity index (χ3n) is 4.01. The highest BCUT2D eigenvalue weighted by molar-refractivity contribution is 5.38. The fourth-order valence-corrected chi connectivity index (χ4v) is 2.92. The Kier molecular flexibility index (Phi) is 3.70. The SMILES string of the molecule is Cc1cnccc1C(O)CC1CCOc2ccccc21. The summed E-state index contributed by atoms with van der Waals surface area (Å²) in [5, 5.41) is 10.5. The molecule has 0 saturated heterocycles. The second-order valence-corrected chi connectivity index (χ2v) is 5.36. The lowest BCUT2D eigenvalue weighted by Gasteiger charge is -2.27. The summed E-state index contributed by atoms with van der Waals surface area (Å²) in [6, 6.07) is 10.0. The highest BCUT2D eigenvalue weighted by Gasteiger charge is 2.24. The van der Waals surface area contributed by atoms with Crippen LogP contribution in [-0.2, 0) is 0 Å². The minimum absolute atomic E-state index is 0.350. The molecule has 1 N–H and O–H groups in total. The summed E-state index contributed by atoms with van der Waals surface area (Å²) in [5.74, 6) is 1.31. The highest BCUT2D eigenvalue weighted by atomic mass is 16.5. The number of hydrogen-bond donors (Lipinski definition) is 1. The summed E-state index contributed by atoms with van der Waals surface area (Å²) in [4.78, 5) is 4.08. The van der Waals surface area contributed by atoms with E-state index in [9.17, 15) is 5.11 Å². The molecule has 1 aliphatic rings. The van der Waals surface area contributed by atoms with E-state index in [-0.39, 0.29) is 0 Å². The Bertz CT molecular complexity index is 597. The predicted octanol–water partition coefficient (Wildman–Crippen LogP) is 3.38. The summed E-state index contributed by atoms with van der Waals surface area (Å²) < 4.78 is 5.67. The van der Waals surface area contributed by atoms with E-state index in [2.05, 4.69) is 11.1 Å². The Hall–Kier alpha value is -1.87. The van der Waals surface area contributed by atoms with Gasteiger partial charge in [0.15, 0.2) is 0 Å². The lowest BCUT2D eigenvalue weighted by atomic mass is 9.86. The molecule has 1 aliphatic heterocycles. The first-order valence-corrected chi connectivity index (χ1v) is 7.06. The summed E-state index contributed by atoms with van der Waals surface area (Å²) in [6.45, 7) is 2.72. The van der Waals surface area contributed by atoms with Crippen molar-refractivity contribution in [2.75, 3.05) is 6.61 Å². The number of pyridine rings is 1. The van der Waals surface area contributed by atoms with Crippen LogP contribution in [0.2, 0.25) is 0 Å². The van der Waals surface area contributed by atoms with Crippen LogP contribution in [0.3, 0.4) is 0 Å². The average Bonchev–Trinajstić information content (AvgIpc) is 2.48. The van der Waals surface area contributed by atoms with Gasteiger partial charge >= 0.3 is 0 Å². The van der Waals surface area contributed by atoms with Crippen LogP contribution in [0.5, 0.6) is 5.75 Å². The number of rotatable bonds is 3. The van der Waals surface area contributed by atoms with Crippen molar-refractivity contribution in [2.24, 2.45) is 0 Å². The van der Waals surface area contributed by atoms with Crippen molar-refractivity contribution in [1.82, 2.24) is 4.98 Å². The minimum Gasteiger partial charge on any atom is -0.493 e. The first kappa shape index (κ1) is 13.1. The maximum atomic E-state index is 10.5. The number of ether oxygens (including phenoxy) is 1. The summed E-state index contributed by atoms with van der Waals surface area (Å²) in [6.07, 6.45) is 4.78. The Morgan fingerprint density at radius 3 is 3.05 bits per heavy atom. The molecule has 2 atom stereocenters. The van der Waals surface area contributed by atoms with Crippen LogP contribution in [0.15, 0.2) is 42.7 Å². The smallest absolute Gasteiger partial charge is 0.122 e. The monoisotopic (exact) mass is 269 g/mol. The number of nitrogens with zero attached hydrogens (tertiary/aromatic N) is 1. The maximum Gasteiger partial charge on any atom is 0.122 e. The number of aryl methyl sites for hydroxylation is 1. The molecule has 104 valence electrons. The van der Waals surface area contributed by atoms with Crippen LogP contribution in [0.1, 0.15) is 41.6 Å². The van der Waals surface area contributed by atoms with Gasteiger partial charge in [-0.1, -0.05) is 18.2 Å². The van der Waals surface area contributed by atoms with Gasteiger partial charge in [0, 0.05) is 12.4 Å². The predicted molar refractivity (Wildman–Crippen MR) is 77.8 cm³/mol. The molecule has 0 aliphatic carbocycles. The molecule has 0 radical (unpaired) electrons. The zero-order chi connectivity index (χ0) is 13.9. The van der Waals surface area contributed by atoms with E-state index in [0.29, 0.717) is 5.92 Å². The molecule has 0 saturated carbocycles. The summed E-state index contributed by atoms with van der Waals surface area (Å²) in [7, 11) is 0. The summed E-state index contributed by atoms with van der Waals surface area (Å²) in [5.41, 5.74) is 3.23. The molecule has 2 aromatic rings. The van der Waals surface area contributed by atoms with Crippen molar-refractivity contribution in [3.8, 4) is 5.75 Å². The minimum atomic E-state index is -0.450. The van der Waals surface area contributed by atoms with Crippen LogP contribution in [0.25, 0.3) is 0 Å². The Balaban J connectivity index is 1.81. The summed E-state index contributed by atoms with van der Waals surface area (Å²) >= 11 is 0. The van der Waals surface area contributed by atoms with E-state index in [1.807, 2.05) is 31.2 Å². The number of hydrogen-bond acceptors (Lipinski definition) is 3. The van der Waals surface area contributed by atoms with Gasteiger partial charge in [0.1, 0.15) is 5.75 Å². The molecule has 1 aromatic carbocycles. The van der Waals surface area contributed by atoms with E-state index in [0.717, 1.165) is 36.3 Å². The molecule has 0 fully saturated rings. The third-order valence-corrected chi connectivity index (χ3v) is 4.01. The van der Waals surface area contributed by atoms with Gasteiger partial charge in [-0.2, -0.15) is 0 Å². The van der Waals surface area contributed by atoms with E-state index >= 15 is 0 Å². The quantitative estimate of drug-likeness (QED) is 0.928. The first-order chi connectivity index (χ1) is 9.75. The Labute approximate surface area is 119 Å². The Morgan fingerprint density at radius 1 is 1.35 bits per heavy atom. The molecule has 3 nitrogen and oxygen atoms in total. The first-order valence-electron chi connectivity index (χ1n) is 7.06. The van der Waals surface area contributed by atoms with Crippen LogP contribution in [0, 0.1) is 6.92 Å². The van der Waals surface area contributed by atoms with Crippen LogP contribution in [0.4, 0.5) is 0 Å². The molecule has 20 heavy (non-hydrogen) atoms. The number of fused-ring (bicyclic) bond motifs is 1. The topological polar surface area (TPSA) is 42.4 Å². The van der Waals surface area contributed by atoms with Crippen molar-refractivity contribution < 1.29 is 9.84 Å². The second kappa shape index (κ2) is 5.63. The van der Waals surface area contributed by atoms with E-state index in [4.69, 9.17) is 4.74 Å². The van der Waals surface area contributed by atoms with Crippen LogP contribution < -0.4 is 4.74 Å². The lowest BCUT2D eigenvalue weighted by molar-refractivity contribution is 0.144. The van der Waals surface area contributed by atoms with Gasteiger partial charge in [-0.3, -0.25) is 4.98 Å². The van der Waals surface area contributed by atoms with Crippen molar-refractivity contribution in [2.45, 2.75) is 31.8 Å². The lowest BCUT2D eigenvalue weighted by Crippen LogP contribution is -2.16. The molecule has 3 rings (SSSR count). The average molecular weight is 269 g/mol. The molecule has 0 amide bonds. The van der Waals surface area contributed by atoms with Gasteiger partial charge in [0.05, 0.1) is 12.7 Å². The van der Waals surface area contributed by atoms with Crippen molar-refractivity contribution in [3.05, 3.63) is 59.4 Å². The van der Waals surface area contributed by atoms with Gasteiger partial charge in [0.2, 0.25) is 0 Å². The van der Waals surface area contributed by atoms with Crippen LogP contribution >= 0.6 is 0 Å². The molecule has 1 aromatic heterocycles. The van der Waals surface area contributed by atoms with Gasteiger partial charge < -0.3 is 9.84 Å².